The van der Waals surface area contributed by atoms with Crippen molar-refractivity contribution in [3.05, 3.63) is 95.1 Å². The fraction of sp³-hybridized carbons (Fsp3) is 0.0800. The monoisotopic (exact) mass is 515 g/mol. The Morgan fingerprint density at radius 3 is 2.39 bits per heavy atom. The van der Waals surface area contributed by atoms with Gasteiger partial charge in [0.1, 0.15) is 5.75 Å². The van der Waals surface area contributed by atoms with Crippen LogP contribution in [0.3, 0.4) is 0 Å². The standard InChI is InChI=1S/C25H21N7O2S2/c1-34-21-14-12-18(13-15-21)22-16-35-24(31(22)19-8-4-2-5-9-19)27-26-23(33)17-36-25-28-29-30-32(25)20-10-6-3-7-11-20/h2-16H,17H2,1H3,(H,26,33)/b27-24+. The van der Waals surface area contributed by atoms with Gasteiger partial charge in [-0.25, -0.2) is 5.43 Å². The SMILES string of the molecule is COc1ccc(-c2cs/c(=N/NC(=O)CSc3nnnn3-c3ccccc3)n2-c2ccccc2)cc1. The van der Waals surface area contributed by atoms with E-state index >= 15 is 0 Å². The summed E-state index contributed by atoms with van der Waals surface area (Å²) in [7, 11) is 1.64. The highest BCUT2D eigenvalue weighted by atomic mass is 32.2. The fourth-order valence-corrected chi connectivity index (χ4v) is 5.00. The zero-order chi connectivity index (χ0) is 24.7. The van der Waals surface area contributed by atoms with Crippen molar-refractivity contribution in [3.63, 3.8) is 0 Å². The van der Waals surface area contributed by atoms with Gasteiger partial charge in [-0.3, -0.25) is 9.36 Å². The van der Waals surface area contributed by atoms with Crippen LogP contribution in [0.1, 0.15) is 0 Å². The number of amides is 1. The van der Waals surface area contributed by atoms with Gasteiger partial charge in [0, 0.05) is 11.1 Å². The van der Waals surface area contributed by atoms with Gasteiger partial charge in [0.25, 0.3) is 5.91 Å². The number of aromatic nitrogens is 5. The molecule has 0 bridgehead atoms. The summed E-state index contributed by atoms with van der Waals surface area (Å²) < 4.78 is 8.89. The Balaban J connectivity index is 1.36. The summed E-state index contributed by atoms with van der Waals surface area (Å²) in [5.41, 5.74) is 6.40. The number of tetrazole rings is 1. The Bertz CT molecular complexity index is 1510. The average Bonchev–Trinajstić information content (AvgIpc) is 3.59. The summed E-state index contributed by atoms with van der Waals surface area (Å²) >= 11 is 2.68. The van der Waals surface area contributed by atoms with Crippen LogP contribution in [0, 0.1) is 0 Å². The number of para-hydroxylation sites is 2. The summed E-state index contributed by atoms with van der Waals surface area (Å²) in [6, 6.07) is 27.2. The van der Waals surface area contributed by atoms with Crippen LogP contribution in [-0.4, -0.2) is 43.5 Å². The molecule has 0 radical (unpaired) electrons. The first-order valence-electron chi connectivity index (χ1n) is 10.9. The van der Waals surface area contributed by atoms with Crippen molar-refractivity contribution in [2.24, 2.45) is 5.10 Å². The van der Waals surface area contributed by atoms with Gasteiger partial charge in [-0.2, -0.15) is 4.68 Å². The molecule has 3 aromatic carbocycles. The smallest absolute Gasteiger partial charge is 0.250 e. The first-order chi connectivity index (χ1) is 17.7. The molecule has 9 nitrogen and oxygen atoms in total. The number of nitrogens with zero attached hydrogens (tertiary/aromatic N) is 6. The van der Waals surface area contributed by atoms with Crippen molar-refractivity contribution in [1.29, 1.82) is 0 Å². The highest BCUT2D eigenvalue weighted by molar-refractivity contribution is 7.99. The second-order valence-electron chi connectivity index (χ2n) is 7.45. The van der Waals surface area contributed by atoms with Crippen LogP contribution in [0.2, 0.25) is 0 Å². The van der Waals surface area contributed by atoms with E-state index in [1.54, 1.807) is 11.8 Å². The van der Waals surface area contributed by atoms with Crippen LogP contribution < -0.4 is 15.0 Å². The third kappa shape index (κ3) is 5.21. The van der Waals surface area contributed by atoms with E-state index in [1.165, 1.54) is 23.1 Å². The second-order valence-corrected chi connectivity index (χ2v) is 9.23. The molecule has 0 atom stereocenters. The lowest BCUT2D eigenvalue weighted by Crippen LogP contribution is -2.25. The molecule has 0 saturated carbocycles. The molecule has 0 aliphatic heterocycles. The molecule has 2 heterocycles. The Hall–Kier alpha value is -4.22. The van der Waals surface area contributed by atoms with Crippen molar-refractivity contribution < 1.29 is 9.53 Å². The minimum atomic E-state index is -0.262. The summed E-state index contributed by atoms with van der Waals surface area (Å²) in [4.78, 5) is 13.3. The molecule has 0 unspecified atom stereocenters. The van der Waals surface area contributed by atoms with Gasteiger partial charge in [0.15, 0.2) is 0 Å². The second kappa shape index (κ2) is 11.0. The van der Waals surface area contributed by atoms with Gasteiger partial charge >= 0.3 is 0 Å². The first-order valence-corrected chi connectivity index (χ1v) is 12.8. The van der Waals surface area contributed by atoms with Gasteiger partial charge in [0.05, 0.1) is 24.2 Å². The van der Waals surface area contributed by atoms with E-state index < -0.39 is 0 Å². The van der Waals surface area contributed by atoms with E-state index in [2.05, 4.69) is 26.1 Å². The lowest BCUT2D eigenvalue weighted by molar-refractivity contribution is -0.118. The van der Waals surface area contributed by atoms with Gasteiger partial charge in [-0.15, -0.1) is 21.5 Å². The number of rotatable bonds is 8. The van der Waals surface area contributed by atoms with E-state index in [0.29, 0.717) is 9.96 Å². The van der Waals surface area contributed by atoms with Crippen LogP contribution in [0.15, 0.2) is 101 Å². The van der Waals surface area contributed by atoms with Crippen LogP contribution in [0.4, 0.5) is 0 Å². The molecule has 5 aromatic rings. The summed E-state index contributed by atoms with van der Waals surface area (Å²) in [5, 5.41) is 18.7. The molecule has 0 aliphatic rings. The quantitative estimate of drug-likeness (QED) is 0.248. The number of hydrogen-bond acceptors (Lipinski definition) is 8. The summed E-state index contributed by atoms with van der Waals surface area (Å²) in [5.74, 6) is 0.633. The van der Waals surface area contributed by atoms with Crippen LogP contribution in [0.5, 0.6) is 5.75 Å². The third-order valence-corrected chi connectivity index (χ3v) is 6.90. The first kappa shape index (κ1) is 23.5. The topological polar surface area (TPSA) is 99.2 Å². The Labute approximate surface area is 215 Å². The van der Waals surface area contributed by atoms with E-state index in [9.17, 15) is 4.79 Å². The van der Waals surface area contributed by atoms with Crippen molar-refractivity contribution in [1.82, 2.24) is 30.2 Å². The molecule has 180 valence electrons. The lowest BCUT2D eigenvalue weighted by Gasteiger charge is -2.10. The highest BCUT2D eigenvalue weighted by Crippen LogP contribution is 2.25. The number of nitrogens with one attached hydrogen (secondary N) is 1. The fourth-order valence-electron chi connectivity index (χ4n) is 3.45. The van der Waals surface area contributed by atoms with Gasteiger partial charge < -0.3 is 4.74 Å². The Morgan fingerprint density at radius 1 is 1.00 bits per heavy atom. The number of thioether (sulfide) groups is 1. The zero-order valence-corrected chi connectivity index (χ0v) is 20.8. The predicted octanol–water partition coefficient (Wildman–Crippen LogP) is 3.91. The maximum atomic E-state index is 12.6. The number of benzene rings is 3. The van der Waals surface area contributed by atoms with Crippen LogP contribution >= 0.6 is 23.1 Å². The van der Waals surface area contributed by atoms with Crippen molar-refractivity contribution >= 4 is 29.0 Å². The van der Waals surface area contributed by atoms with Gasteiger partial charge in [-0.05, 0) is 64.5 Å². The molecular formula is C25H21N7O2S2. The van der Waals surface area contributed by atoms with Crippen molar-refractivity contribution in [2.45, 2.75) is 5.16 Å². The Morgan fingerprint density at radius 2 is 1.69 bits per heavy atom. The number of carbonyl (C=O) groups excluding carboxylic acids is 1. The van der Waals surface area contributed by atoms with Gasteiger partial charge in [-0.1, -0.05) is 48.2 Å². The minimum absolute atomic E-state index is 0.110. The third-order valence-electron chi connectivity index (χ3n) is 5.16. The molecule has 11 heteroatoms. The predicted molar refractivity (Wildman–Crippen MR) is 139 cm³/mol. The number of methoxy groups -OCH3 is 1. The number of hydrogen-bond donors (Lipinski definition) is 1. The molecular weight excluding hydrogens is 494 g/mol. The average molecular weight is 516 g/mol. The molecule has 0 fully saturated rings. The molecule has 1 amide bonds. The van der Waals surface area contributed by atoms with Gasteiger partial charge in [0.2, 0.25) is 9.96 Å². The largest absolute Gasteiger partial charge is 0.497 e. The molecule has 0 spiro atoms. The molecule has 0 saturated heterocycles. The summed E-state index contributed by atoms with van der Waals surface area (Å²) in [6.45, 7) is 0. The highest BCUT2D eigenvalue weighted by Gasteiger charge is 2.13. The summed E-state index contributed by atoms with van der Waals surface area (Å²) in [6.07, 6.45) is 0. The number of carbonyl (C=O) groups is 1. The van der Waals surface area contributed by atoms with Crippen molar-refractivity contribution in [3.8, 4) is 28.4 Å². The molecule has 36 heavy (non-hydrogen) atoms. The van der Waals surface area contributed by atoms with E-state index in [1.807, 2.05) is 94.9 Å². The van der Waals surface area contributed by atoms with Crippen LogP contribution in [-0.2, 0) is 4.79 Å². The van der Waals surface area contributed by atoms with Crippen molar-refractivity contribution in [2.75, 3.05) is 12.9 Å². The van der Waals surface area contributed by atoms with E-state index in [-0.39, 0.29) is 11.7 Å². The maximum absolute atomic E-state index is 12.6. The minimum Gasteiger partial charge on any atom is -0.497 e. The normalized spacial score (nSPS) is 11.4. The lowest BCUT2D eigenvalue weighted by atomic mass is 10.1. The molecule has 1 N–H and O–H groups in total. The maximum Gasteiger partial charge on any atom is 0.250 e. The molecule has 5 rings (SSSR count). The van der Waals surface area contributed by atoms with E-state index in [0.717, 1.165) is 28.4 Å². The number of thiazole rings is 1. The molecule has 0 aliphatic carbocycles. The Kier molecular flexibility index (Phi) is 7.20. The molecule has 2 aromatic heterocycles. The van der Waals surface area contributed by atoms with Crippen LogP contribution in [0.25, 0.3) is 22.6 Å². The number of ether oxygens (including phenoxy) is 1. The van der Waals surface area contributed by atoms with E-state index in [4.69, 9.17) is 4.74 Å². The zero-order valence-electron chi connectivity index (χ0n) is 19.2.